The Kier molecular flexibility index (Phi) is 6.48. The van der Waals surface area contributed by atoms with Crippen LogP contribution in [-0.2, 0) is 6.54 Å². The lowest BCUT2D eigenvalue weighted by molar-refractivity contribution is 0.296. The molecule has 0 aliphatic carbocycles. The van der Waals surface area contributed by atoms with E-state index >= 15 is 0 Å². The van der Waals surface area contributed by atoms with Crippen LogP contribution in [0.5, 0.6) is 5.75 Å². The fourth-order valence-corrected chi connectivity index (χ4v) is 3.80. The highest BCUT2D eigenvalue weighted by Gasteiger charge is 2.09. The molecule has 1 heterocycles. The van der Waals surface area contributed by atoms with Gasteiger partial charge in [0.2, 0.25) is 0 Å². The molecule has 0 saturated carbocycles. The number of anilines is 2. The van der Waals surface area contributed by atoms with Gasteiger partial charge in [-0.25, -0.2) is 4.98 Å². The summed E-state index contributed by atoms with van der Waals surface area (Å²) in [6.45, 7) is 7.46. The van der Waals surface area contributed by atoms with Crippen LogP contribution in [0.4, 0.5) is 11.4 Å². The van der Waals surface area contributed by atoms with E-state index in [9.17, 15) is 0 Å². The maximum atomic E-state index is 5.30. The molecule has 4 aromatic rings. The standard InChI is InChI=1S/C27H29N3O/c1-4-30(5-2)19-20-9-8-10-22(17-20)28-27-18-26(21-13-15-23(31-3)16-14-21)29-25-12-7-6-11-24(25)27/h6-18H,4-5,19H2,1-3H3,(H,28,29). The van der Waals surface area contributed by atoms with E-state index in [1.807, 2.05) is 30.3 Å². The summed E-state index contributed by atoms with van der Waals surface area (Å²) in [4.78, 5) is 7.31. The van der Waals surface area contributed by atoms with Gasteiger partial charge in [0, 0.05) is 23.2 Å². The number of hydrogen-bond acceptors (Lipinski definition) is 4. The third-order valence-corrected chi connectivity index (χ3v) is 5.61. The Hall–Kier alpha value is -3.37. The predicted molar refractivity (Wildman–Crippen MR) is 130 cm³/mol. The molecule has 0 radical (unpaired) electrons. The number of methoxy groups -OCH3 is 1. The molecule has 1 aromatic heterocycles. The van der Waals surface area contributed by atoms with Gasteiger partial charge in [-0.15, -0.1) is 0 Å². The predicted octanol–water partition coefficient (Wildman–Crippen LogP) is 6.50. The highest BCUT2D eigenvalue weighted by Crippen LogP contribution is 2.31. The fraction of sp³-hybridized carbons (Fsp3) is 0.222. The lowest BCUT2D eigenvalue weighted by atomic mass is 10.1. The average Bonchev–Trinajstić information content (AvgIpc) is 2.82. The van der Waals surface area contributed by atoms with Gasteiger partial charge in [-0.3, -0.25) is 4.90 Å². The zero-order valence-corrected chi connectivity index (χ0v) is 18.4. The van der Waals surface area contributed by atoms with Gasteiger partial charge in [-0.2, -0.15) is 0 Å². The molecular weight excluding hydrogens is 382 g/mol. The Balaban J connectivity index is 1.70. The van der Waals surface area contributed by atoms with Crippen molar-refractivity contribution in [2.75, 3.05) is 25.5 Å². The zero-order valence-electron chi connectivity index (χ0n) is 18.4. The normalized spacial score (nSPS) is 11.1. The second kappa shape index (κ2) is 9.63. The van der Waals surface area contributed by atoms with Gasteiger partial charge in [-0.1, -0.05) is 44.2 Å². The van der Waals surface area contributed by atoms with Crippen molar-refractivity contribution >= 4 is 22.3 Å². The Morgan fingerprint density at radius 3 is 2.39 bits per heavy atom. The molecule has 1 N–H and O–H groups in total. The van der Waals surface area contributed by atoms with Crippen LogP contribution in [0.1, 0.15) is 19.4 Å². The van der Waals surface area contributed by atoms with Crippen LogP contribution in [0.3, 0.4) is 0 Å². The Morgan fingerprint density at radius 1 is 0.871 bits per heavy atom. The third-order valence-electron chi connectivity index (χ3n) is 5.61. The molecule has 4 nitrogen and oxygen atoms in total. The van der Waals surface area contributed by atoms with E-state index in [0.717, 1.165) is 58.9 Å². The SMILES string of the molecule is CCN(CC)Cc1cccc(Nc2cc(-c3ccc(OC)cc3)nc3ccccc23)c1. The van der Waals surface area contributed by atoms with Crippen molar-refractivity contribution in [3.05, 3.63) is 84.4 Å². The van der Waals surface area contributed by atoms with Crippen molar-refractivity contribution in [3.8, 4) is 17.0 Å². The van der Waals surface area contributed by atoms with Gasteiger partial charge >= 0.3 is 0 Å². The van der Waals surface area contributed by atoms with Crippen LogP contribution in [0.15, 0.2) is 78.9 Å². The van der Waals surface area contributed by atoms with Crippen molar-refractivity contribution in [2.24, 2.45) is 0 Å². The molecule has 0 unspecified atom stereocenters. The van der Waals surface area contributed by atoms with Crippen molar-refractivity contribution < 1.29 is 4.74 Å². The lowest BCUT2D eigenvalue weighted by Gasteiger charge is -2.19. The monoisotopic (exact) mass is 411 g/mol. The van der Waals surface area contributed by atoms with Crippen LogP contribution < -0.4 is 10.1 Å². The molecule has 0 amide bonds. The van der Waals surface area contributed by atoms with Gasteiger partial charge in [0.05, 0.1) is 24.0 Å². The zero-order chi connectivity index (χ0) is 21.6. The molecule has 4 rings (SSSR count). The van der Waals surface area contributed by atoms with E-state index < -0.39 is 0 Å². The van der Waals surface area contributed by atoms with Crippen LogP contribution in [-0.4, -0.2) is 30.1 Å². The van der Waals surface area contributed by atoms with Crippen LogP contribution >= 0.6 is 0 Å². The van der Waals surface area contributed by atoms with Crippen LogP contribution in [0, 0.1) is 0 Å². The Labute approximate surface area is 184 Å². The van der Waals surface area contributed by atoms with Crippen LogP contribution in [0.2, 0.25) is 0 Å². The number of ether oxygens (including phenoxy) is 1. The van der Waals surface area contributed by atoms with E-state index in [2.05, 4.69) is 72.6 Å². The van der Waals surface area contributed by atoms with Gasteiger partial charge in [0.15, 0.2) is 0 Å². The number of hydrogen-bond donors (Lipinski definition) is 1. The van der Waals surface area contributed by atoms with E-state index in [1.165, 1.54) is 5.56 Å². The summed E-state index contributed by atoms with van der Waals surface area (Å²) in [5, 5.41) is 4.75. The Morgan fingerprint density at radius 2 is 1.65 bits per heavy atom. The highest BCUT2D eigenvalue weighted by molar-refractivity contribution is 5.95. The average molecular weight is 412 g/mol. The molecule has 0 atom stereocenters. The molecule has 0 fully saturated rings. The summed E-state index contributed by atoms with van der Waals surface area (Å²) in [5.74, 6) is 0.841. The molecule has 0 aliphatic rings. The molecule has 4 heteroatoms. The third kappa shape index (κ3) is 4.86. The Bertz CT molecular complexity index is 1150. The smallest absolute Gasteiger partial charge is 0.118 e. The second-order valence-corrected chi connectivity index (χ2v) is 7.59. The van der Waals surface area contributed by atoms with E-state index in [0.29, 0.717) is 0 Å². The van der Waals surface area contributed by atoms with E-state index in [4.69, 9.17) is 9.72 Å². The molecule has 0 bridgehead atoms. The highest BCUT2D eigenvalue weighted by atomic mass is 16.5. The van der Waals surface area contributed by atoms with Crippen molar-refractivity contribution in [2.45, 2.75) is 20.4 Å². The molecule has 3 aromatic carbocycles. The lowest BCUT2D eigenvalue weighted by Crippen LogP contribution is -2.22. The van der Waals surface area contributed by atoms with Gasteiger partial charge in [-0.05, 0) is 67.2 Å². The first-order valence-electron chi connectivity index (χ1n) is 10.8. The van der Waals surface area contributed by atoms with Crippen molar-refractivity contribution in [1.29, 1.82) is 0 Å². The largest absolute Gasteiger partial charge is 0.497 e. The molecule has 0 spiro atoms. The summed E-state index contributed by atoms with van der Waals surface area (Å²) in [6.07, 6.45) is 0. The maximum absolute atomic E-state index is 5.30. The summed E-state index contributed by atoms with van der Waals surface area (Å²) >= 11 is 0. The van der Waals surface area contributed by atoms with Crippen molar-refractivity contribution in [3.63, 3.8) is 0 Å². The summed E-state index contributed by atoms with van der Waals surface area (Å²) < 4.78 is 5.30. The molecule has 31 heavy (non-hydrogen) atoms. The quantitative estimate of drug-likeness (QED) is 0.359. The number of nitrogens with one attached hydrogen (secondary N) is 1. The number of rotatable bonds is 8. The van der Waals surface area contributed by atoms with E-state index in [1.54, 1.807) is 7.11 Å². The minimum Gasteiger partial charge on any atom is -0.497 e. The topological polar surface area (TPSA) is 37.4 Å². The van der Waals surface area contributed by atoms with Gasteiger partial charge in [0.1, 0.15) is 5.75 Å². The van der Waals surface area contributed by atoms with Crippen molar-refractivity contribution in [1.82, 2.24) is 9.88 Å². The van der Waals surface area contributed by atoms with Gasteiger partial charge in [0.25, 0.3) is 0 Å². The summed E-state index contributed by atoms with van der Waals surface area (Å²) in [6, 6.07) is 27.1. The first kappa shape index (κ1) is 20.9. The number of benzene rings is 3. The minimum absolute atomic E-state index is 0.841. The number of nitrogens with zero attached hydrogens (tertiary/aromatic N) is 2. The van der Waals surface area contributed by atoms with Crippen LogP contribution in [0.25, 0.3) is 22.2 Å². The minimum atomic E-state index is 0.841. The maximum Gasteiger partial charge on any atom is 0.118 e. The molecular formula is C27H29N3O. The second-order valence-electron chi connectivity index (χ2n) is 7.59. The number of para-hydroxylation sites is 1. The summed E-state index contributed by atoms with van der Waals surface area (Å²) in [5.41, 5.74) is 6.41. The summed E-state index contributed by atoms with van der Waals surface area (Å²) in [7, 11) is 1.68. The molecule has 0 aliphatic heterocycles. The fourth-order valence-electron chi connectivity index (χ4n) is 3.80. The molecule has 0 saturated heterocycles. The van der Waals surface area contributed by atoms with E-state index in [-0.39, 0.29) is 0 Å². The number of fused-ring (bicyclic) bond motifs is 1. The number of aromatic nitrogens is 1. The molecule has 158 valence electrons. The first-order valence-corrected chi connectivity index (χ1v) is 10.8. The number of pyridine rings is 1. The first-order chi connectivity index (χ1) is 15.2. The van der Waals surface area contributed by atoms with Gasteiger partial charge < -0.3 is 10.1 Å².